The highest BCUT2D eigenvalue weighted by molar-refractivity contribution is 5.78. The Bertz CT molecular complexity index is 334. The Morgan fingerprint density at radius 1 is 1.69 bits per heavy atom. The summed E-state index contributed by atoms with van der Waals surface area (Å²) in [5.41, 5.74) is 6.40. The van der Waals surface area contributed by atoms with Crippen LogP contribution in [0.5, 0.6) is 0 Å². The molecule has 0 fully saturated rings. The topological polar surface area (TPSA) is 72.9 Å². The first-order chi connectivity index (χ1) is 7.65. The summed E-state index contributed by atoms with van der Waals surface area (Å²) in [5.74, 6) is 0.103. The van der Waals surface area contributed by atoms with Crippen molar-refractivity contribution in [1.82, 2.24) is 15.1 Å². The van der Waals surface area contributed by atoms with Crippen LogP contribution in [0.15, 0.2) is 12.3 Å². The maximum Gasteiger partial charge on any atom is 0.223 e. The van der Waals surface area contributed by atoms with Crippen LogP contribution in [0.3, 0.4) is 0 Å². The fourth-order valence-corrected chi connectivity index (χ4v) is 1.48. The number of carbonyl (C=O) groups is 1. The minimum absolute atomic E-state index is 0.0248. The average Bonchev–Trinajstić information content (AvgIpc) is 2.68. The highest BCUT2D eigenvalue weighted by Gasteiger charge is 2.12. The van der Waals surface area contributed by atoms with Gasteiger partial charge in [0.15, 0.2) is 0 Å². The Morgan fingerprint density at radius 2 is 2.44 bits per heavy atom. The summed E-state index contributed by atoms with van der Waals surface area (Å²) in [6.45, 7) is 3.09. The van der Waals surface area contributed by atoms with Gasteiger partial charge in [0.25, 0.3) is 0 Å². The minimum atomic E-state index is 0.0248. The Morgan fingerprint density at radius 3 is 3.00 bits per heavy atom. The molecule has 1 unspecified atom stereocenters. The SMILES string of the molecule is CC(CCCN)C(=O)NCc1ccnn1C. The monoisotopic (exact) mass is 224 g/mol. The first kappa shape index (κ1) is 12.7. The molecule has 0 saturated heterocycles. The van der Waals surface area contributed by atoms with Crippen molar-refractivity contribution in [3.05, 3.63) is 18.0 Å². The Hall–Kier alpha value is -1.36. The molecule has 5 nitrogen and oxygen atoms in total. The fraction of sp³-hybridized carbons (Fsp3) is 0.636. The number of nitrogens with zero attached hydrogens (tertiary/aromatic N) is 2. The molecule has 0 spiro atoms. The van der Waals surface area contributed by atoms with E-state index in [0.29, 0.717) is 13.1 Å². The van der Waals surface area contributed by atoms with Crippen LogP contribution < -0.4 is 11.1 Å². The van der Waals surface area contributed by atoms with E-state index in [4.69, 9.17) is 5.73 Å². The van der Waals surface area contributed by atoms with Crippen molar-refractivity contribution in [1.29, 1.82) is 0 Å². The maximum absolute atomic E-state index is 11.7. The molecule has 0 aromatic carbocycles. The molecule has 0 aliphatic carbocycles. The van der Waals surface area contributed by atoms with Crippen LogP contribution in [0.25, 0.3) is 0 Å². The second kappa shape index (κ2) is 6.27. The lowest BCUT2D eigenvalue weighted by Crippen LogP contribution is -2.29. The standard InChI is InChI=1S/C11H20N4O/c1-9(4-3-6-12)11(16)13-8-10-5-7-14-15(10)2/h5,7,9H,3-4,6,8,12H2,1-2H3,(H,13,16). The summed E-state index contributed by atoms with van der Waals surface area (Å²) in [4.78, 5) is 11.7. The molecule has 0 bridgehead atoms. The zero-order valence-corrected chi connectivity index (χ0v) is 9.94. The Labute approximate surface area is 96.0 Å². The molecule has 1 aromatic rings. The van der Waals surface area contributed by atoms with Crippen molar-refractivity contribution in [3.8, 4) is 0 Å². The molecular weight excluding hydrogens is 204 g/mol. The smallest absolute Gasteiger partial charge is 0.223 e. The molecule has 0 aliphatic rings. The van der Waals surface area contributed by atoms with Crippen LogP contribution in [0.2, 0.25) is 0 Å². The number of carbonyl (C=O) groups excluding carboxylic acids is 1. The molecule has 1 rings (SSSR count). The molecule has 1 atom stereocenters. The van der Waals surface area contributed by atoms with Crippen LogP contribution in [0.4, 0.5) is 0 Å². The van der Waals surface area contributed by atoms with Gasteiger partial charge < -0.3 is 11.1 Å². The third-order valence-electron chi connectivity index (χ3n) is 2.66. The number of nitrogens with one attached hydrogen (secondary N) is 1. The number of nitrogens with two attached hydrogens (primary N) is 1. The quantitative estimate of drug-likeness (QED) is 0.735. The molecule has 1 amide bonds. The van der Waals surface area contributed by atoms with Gasteiger partial charge in [-0.2, -0.15) is 5.10 Å². The van der Waals surface area contributed by atoms with E-state index in [0.717, 1.165) is 18.5 Å². The highest BCUT2D eigenvalue weighted by atomic mass is 16.1. The molecule has 5 heteroatoms. The molecule has 0 aliphatic heterocycles. The van der Waals surface area contributed by atoms with E-state index < -0.39 is 0 Å². The lowest BCUT2D eigenvalue weighted by Gasteiger charge is -2.11. The molecule has 0 radical (unpaired) electrons. The van der Waals surface area contributed by atoms with E-state index in [9.17, 15) is 4.79 Å². The predicted octanol–water partition coefficient (Wildman–Crippen LogP) is 0.411. The summed E-state index contributed by atoms with van der Waals surface area (Å²) in [7, 11) is 1.86. The van der Waals surface area contributed by atoms with Gasteiger partial charge in [-0.05, 0) is 25.5 Å². The summed E-state index contributed by atoms with van der Waals surface area (Å²) in [5, 5.41) is 6.93. The first-order valence-corrected chi connectivity index (χ1v) is 5.59. The normalized spacial score (nSPS) is 12.4. The summed E-state index contributed by atoms with van der Waals surface area (Å²) < 4.78 is 1.75. The largest absolute Gasteiger partial charge is 0.350 e. The Kier molecular flexibility index (Phi) is 4.98. The number of hydrogen-bond donors (Lipinski definition) is 2. The van der Waals surface area contributed by atoms with Crippen LogP contribution in [0.1, 0.15) is 25.5 Å². The van der Waals surface area contributed by atoms with E-state index in [1.165, 1.54) is 0 Å². The van der Waals surface area contributed by atoms with Gasteiger partial charge in [-0.15, -0.1) is 0 Å². The van der Waals surface area contributed by atoms with Gasteiger partial charge >= 0.3 is 0 Å². The van der Waals surface area contributed by atoms with Gasteiger partial charge in [0.1, 0.15) is 0 Å². The van der Waals surface area contributed by atoms with Crippen LogP contribution in [-0.4, -0.2) is 22.2 Å². The average molecular weight is 224 g/mol. The Balaban J connectivity index is 2.32. The lowest BCUT2D eigenvalue weighted by molar-refractivity contribution is -0.124. The second-order valence-electron chi connectivity index (χ2n) is 4.00. The van der Waals surface area contributed by atoms with Crippen LogP contribution >= 0.6 is 0 Å². The van der Waals surface area contributed by atoms with Gasteiger partial charge in [0.05, 0.1) is 12.2 Å². The van der Waals surface area contributed by atoms with E-state index in [1.54, 1.807) is 10.9 Å². The molecule has 3 N–H and O–H groups in total. The van der Waals surface area contributed by atoms with Gasteiger partial charge in [-0.25, -0.2) is 0 Å². The third kappa shape index (κ3) is 3.66. The van der Waals surface area contributed by atoms with Crippen molar-refractivity contribution in [2.75, 3.05) is 6.54 Å². The van der Waals surface area contributed by atoms with Crippen molar-refractivity contribution in [2.45, 2.75) is 26.3 Å². The number of amides is 1. The van der Waals surface area contributed by atoms with E-state index in [1.807, 2.05) is 20.0 Å². The minimum Gasteiger partial charge on any atom is -0.350 e. The molecule has 1 aromatic heterocycles. The number of hydrogen-bond acceptors (Lipinski definition) is 3. The summed E-state index contributed by atoms with van der Waals surface area (Å²) in [6.07, 6.45) is 3.45. The fourth-order valence-electron chi connectivity index (χ4n) is 1.48. The van der Waals surface area contributed by atoms with Gasteiger partial charge in [-0.3, -0.25) is 9.48 Å². The molecular formula is C11H20N4O. The zero-order chi connectivity index (χ0) is 12.0. The molecule has 1 heterocycles. The van der Waals surface area contributed by atoms with Gasteiger partial charge in [0, 0.05) is 19.2 Å². The number of rotatable bonds is 6. The second-order valence-corrected chi connectivity index (χ2v) is 4.00. The van der Waals surface area contributed by atoms with E-state index in [2.05, 4.69) is 10.4 Å². The predicted molar refractivity (Wildman–Crippen MR) is 62.5 cm³/mol. The maximum atomic E-state index is 11.7. The van der Waals surface area contributed by atoms with Crippen molar-refractivity contribution in [2.24, 2.45) is 18.7 Å². The zero-order valence-electron chi connectivity index (χ0n) is 9.94. The summed E-state index contributed by atoms with van der Waals surface area (Å²) >= 11 is 0. The van der Waals surface area contributed by atoms with E-state index >= 15 is 0 Å². The first-order valence-electron chi connectivity index (χ1n) is 5.59. The third-order valence-corrected chi connectivity index (χ3v) is 2.66. The van der Waals surface area contributed by atoms with Crippen molar-refractivity contribution < 1.29 is 4.79 Å². The molecule has 16 heavy (non-hydrogen) atoms. The lowest BCUT2D eigenvalue weighted by atomic mass is 10.1. The van der Waals surface area contributed by atoms with Gasteiger partial charge in [0.2, 0.25) is 5.91 Å². The molecule has 90 valence electrons. The van der Waals surface area contributed by atoms with Crippen molar-refractivity contribution >= 4 is 5.91 Å². The van der Waals surface area contributed by atoms with Gasteiger partial charge in [-0.1, -0.05) is 6.92 Å². The number of aryl methyl sites for hydroxylation is 1. The van der Waals surface area contributed by atoms with Crippen molar-refractivity contribution in [3.63, 3.8) is 0 Å². The highest BCUT2D eigenvalue weighted by Crippen LogP contribution is 2.05. The van der Waals surface area contributed by atoms with Crippen LogP contribution in [0, 0.1) is 5.92 Å². The molecule has 0 saturated carbocycles. The van der Waals surface area contributed by atoms with Crippen LogP contribution in [-0.2, 0) is 18.4 Å². The van der Waals surface area contributed by atoms with E-state index in [-0.39, 0.29) is 11.8 Å². The number of aromatic nitrogens is 2. The summed E-state index contributed by atoms with van der Waals surface area (Å²) in [6, 6.07) is 1.89.